The van der Waals surface area contributed by atoms with Gasteiger partial charge >= 0.3 is 0 Å². The summed E-state index contributed by atoms with van der Waals surface area (Å²) < 4.78 is 0. The molecule has 5 heteroatoms. The molecule has 0 aromatic rings. The first-order valence-corrected chi connectivity index (χ1v) is 6.55. The number of amides is 1. The van der Waals surface area contributed by atoms with Crippen molar-refractivity contribution in [2.45, 2.75) is 46.2 Å². The molecule has 1 rings (SSSR count). The van der Waals surface area contributed by atoms with Crippen LogP contribution < -0.4 is 11.1 Å². The monoisotopic (exact) mass is 243 g/mol. The molecule has 0 saturated carbocycles. The molecule has 0 saturated heterocycles. The van der Waals surface area contributed by atoms with Gasteiger partial charge in [-0.2, -0.15) is 0 Å². The number of hydrogen-bond donors (Lipinski definition) is 2. The Kier molecular flexibility index (Phi) is 4.24. The predicted octanol–water partition coefficient (Wildman–Crippen LogP) is 1.36. The molecule has 0 aromatic heterocycles. The number of aliphatic imine (C=N–C) groups is 1. The second-order valence-corrected chi connectivity index (χ2v) is 6.31. The Bertz CT molecular complexity index is 296. The SMILES string of the molecule is CC(NC1=NC(C(C)(C)C)CCS1)C(N)=O. The van der Waals surface area contributed by atoms with Gasteiger partial charge in [-0.05, 0) is 18.8 Å². The van der Waals surface area contributed by atoms with Gasteiger partial charge in [-0.15, -0.1) is 0 Å². The first kappa shape index (κ1) is 13.4. The maximum absolute atomic E-state index is 10.9. The average Bonchev–Trinajstić information content (AvgIpc) is 2.16. The fourth-order valence-electron chi connectivity index (χ4n) is 1.47. The Morgan fingerprint density at radius 3 is 2.75 bits per heavy atom. The van der Waals surface area contributed by atoms with Crippen LogP contribution in [-0.4, -0.2) is 28.9 Å². The van der Waals surface area contributed by atoms with Gasteiger partial charge in [-0.1, -0.05) is 32.5 Å². The van der Waals surface area contributed by atoms with E-state index < -0.39 is 0 Å². The van der Waals surface area contributed by atoms with E-state index in [1.807, 2.05) is 0 Å². The number of nitrogens with one attached hydrogen (secondary N) is 1. The van der Waals surface area contributed by atoms with Crippen molar-refractivity contribution in [1.29, 1.82) is 0 Å². The molecule has 0 fully saturated rings. The summed E-state index contributed by atoms with van der Waals surface area (Å²) >= 11 is 1.66. The van der Waals surface area contributed by atoms with Crippen molar-refractivity contribution in [3.63, 3.8) is 0 Å². The van der Waals surface area contributed by atoms with Crippen LogP contribution in [0.2, 0.25) is 0 Å². The fraction of sp³-hybridized carbons (Fsp3) is 0.818. The smallest absolute Gasteiger partial charge is 0.239 e. The quantitative estimate of drug-likeness (QED) is 0.769. The summed E-state index contributed by atoms with van der Waals surface area (Å²) in [7, 11) is 0. The van der Waals surface area contributed by atoms with E-state index in [4.69, 9.17) is 5.73 Å². The lowest BCUT2D eigenvalue weighted by atomic mass is 9.85. The Morgan fingerprint density at radius 1 is 1.62 bits per heavy atom. The molecule has 2 unspecified atom stereocenters. The van der Waals surface area contributed by atoms with Crippen LogP contribution in [0.5, 0.6) is 0 Å². The van der Waals surface area contributed by atoms with Crippen LogP contribution in [0.4, 0.5) is 0 Å². The van der Waals surface area contributed by atoms with Gasteiger partial charge < -0.3 is 11.1 Å². The summed E-state index contributed by atoms with van der Waals surface area (Å²) in [5.41, 5.74) is 5.38. The molecule has 2 atom stereocenters. The van der Waals surface area contributed by atoms with E-state index in [1.54, 1.807) is 18.7 Å². The molecule has 0 aromatic carbocycles. The van der Waals surface area contributed by atoms with Crippen molar-refractivity contribution in [3.8, 4) is 0 Å². The first-order valence-electron chi connectivity index (χ1n) is 5.57. The third-order valence-corrected chi connectivity index (χ3v) is 3.61. The van der Waals surface area contributed by atoms with Crippen molar-refractivity contribution in [2.75, 3.05) is 5.75 Å². The minimum Gasteiger partial charge on any atom is -0.368 e. The first-order chi connectivity index (χ1) is 7.30. The molecule has 1 aliphatic heterocycles. The highest BCUT2D eigenvalue weighted by Crippen LogP contribution is 2.30. The lowest BCUT2D eigenvalue weighted by Gasteiger charge is -2.31. The number of nitrogens with zero attached hydrogens (tertiary/aromatic N) is 1. The van der Waals surface area contributed by atoms with Gasteiger partial charge in [0.15, 0.2) is 5.17 Å². The standard InChI is InChI=1S/C11H21N3OS/c1-7(9(12)15)13-10-14-8(5-6-16-10)11(2,3)4/h7-8H,5-6H2,1-4H3,(H2,12,15)(H,13,14). The van der Waals surface area contributed by atoms with Crippen LogP contribution in [-0.2, 0) is 4.79 Å². The van der Waals surface area contributed by atoms with E-state index >= 15 is 0 Å². The summed E-state index contributed by atoms with van der Waals surface area (Å²) in [6, 6.07) is -0.0405. The maximum atomic E-state index is 10.9. The number of carbonyl (C=O) groups excluding carboxylic acids is 1. The van der Waals surface area contributed by atoms with Gasteiger partial charge in [0, 0.05) is 5.75 Å². The van der Waals surface area contributed by atoms with Crippen molar-refractivity contribution < 1.29 is 4.79 Å². The van der Waals surface area contributed by atoms with Crippen LogP contribution in [0, 0.1) is 5.41 Å². The topological polar surface area (TPSA) is 67.5 Å². The van der Waals surface area contributed by atoms with E-state index in [-0.39, 0.29) is 17.4 Å². The largest absolute Gasteiger partial charge is 0.368 e. The summed E-state index contributed by atoms with van der Waals surface area (Å²) in [4.78, 5) is 15.6. The minimum absolute atomic E-state index is 0.171. The van der Waals surface area contributed by atoms with E-state index in [0.717, 1.165) is 17.3 Å². The zero-order valence-corrected chi connectivity index (χ0v) is 11.2. The fourth-order valence-corrected chi connectivity index (χ4v) is 2.47. The van der Waals surface area contributed by atoms with Gasteiger partial charge in [0.2, 0.25) is 5.91 Å². The molecule has 1 amide bonds. The third-order valence-electron chi connectivity index (χ3n) is 2.67. The lowest BCUT2D eigenvalue weighted by molar-refractivity contribution is -0.119. The van der Waals surface area contributed by atoms with Crippen LogP contribution in [0.15, 0.2) is 4.99 Å². The molecule has 3 N–H and O–H groups in total. The molecule has 0 radical (unpaired) electrons. The highest BCUT2D eigenvalue weighted by molar-refractivity contribution is 8.13. The molecule has 0 bridgehead atoms. The highest BCUT2D eigenvalue weighted by Gasteiger charge is 2.27. The van der Waals surface area contributed by atoms with Gasteiger partial charge in [0.05, 0.1) is 6.04 Å². The lowest BCUT2D eigenvalue weighted by Crippen LogP contribution is -2.43. The second-order valence-electron chi connectivity index (χ2n) is 5.22. The molecule has 4 nitrogen and oxygen atoms in total. The summed E-state index contributed by atoms with van der Waals surface area (Å²) in [5.74, 6) is 0.695. The van der Waals surface area contributed by atoms with Gasteiger partial charge in [-0.25, -0.2) is 0 Å². The molecule has 16 heavy (non-hydrogen) atoms. The molecular formula is C11H21N3OS. The summed E-state index contributed by atoms with van der Waals surface area (Å²) in [5, 5.41) is 3.90. The number of nitrogens with two attached hydrogens (primary N) is 1. The Hall–Kier alpha value is -0.710. The normalized spacial score (nSPS) is 23.5. The highest BCUT2D eigenvalue weighted by atomic mass is 32.2. The summed E-state index contributed by atoms with van der Waals surface area (Å²) in [6.07, 6.45) is 1.09. The molecule has 0 spiro atoms. The minimum atomic E-state index is -0.357. The van der Waals surface area contributed by atoms with Gasteiger partial charge in [0.1, 0.15) is 6.04 Å². The molecule has 1 aliphatic rings. The predicted molar refractivity (Wildman–Crippen MR) is 69.5 cm³/mol. The molecular weight excluding hydrogens is 222 g/mol. The number of carbonyl (C=O) groups is 1. The zero-order chi connectivity index (χ0) is 12.3. The van der Waals surface area contributed by atoms with Crippen molar-refractivity contribution in [1.82, 2.24) is 5.32 Å². The number of hydrogen-bond acceptors (Lipinski definition) is 4. The Labute approximate surface area is 101 Å². The second kappa shape index (κ2) is 5.08. The molecule has 0 aliphatic carbocycles. The van der Waals surface area contributed by atoms with E-state index in [9.17, 15) is 4.79 Å². The maximum Gasteiger partial charge on any atom is 0.239 e. The van der Waals surface area contributed by atoms with Crippen molar-refractivity contribution >= 4 is 22.8 Å². The van der Waals surface area contributed by atoms with Crippen LogP contribution in [0.3, 0.4) is 0 Å². The number of primary amides is 1. The number of thioether (sulfide) groups is 1. The molecule has 92 valence electrons. The van der Waals surface area contributed by atoms with Crippen molar-refractivity contribution in [3.05, 3.63) is 0 Å². The van der Waals surface area contributed by atoms with Crippen LogP contribution in [0.25, 0.3) is 0 Å². The molecule has 1 heterocycles. The van der Waals surface area contributed by atoms with Crippen LogP contribution in [0.1, 0.15) is 34.1 Å². The van der Waals surface area contributed by atoms with Gasteiger partial charge in [-0.3, -0.25) is 9.79 Å². The van der Waals surface area contributed by atoms with E-state index in [0.29, 0.717) is 6.04 Å². The van der Waals surface area contributed by atoms with Gasteiger partial charge in [0.25, 0.3) is 0 Å². The van der Waals surface area contributed by atoms with Crippen LogP contribution >= 0.6 is 11.8 Å². The zero-order valence-electron chi connectivity index (χ0n) is 10.4. The van der Waals surface area contributed by atoms with E-state index in [2.05, 4.69) is 31.1 Å². The van der Waals surface area contributed by atoms with E-state index in [1.165, 1.54) is 0 Å². The third kappa shape index (κ3) is 3.70. The number of rotatable bonds is 2. The van der Waals surface area contributed by atoms with Crippen molar-refractivity contribution in [2.24, 2.45) is 16.1 Å². The average molecular weight is 243 g/mol. The summed E-state index contributed by atoms with van der Waals surface area (Å²) in [6.45, 7) is 8.32. The number of amidine groups is 1. The Morgan fingerprint density at radius 2 is 2.25 bits per heavy atom. The Balaban J connectivity index is 2.67.